The number of carboxylic acid groups (broad SMARTS) is 1. The molecule has 0 aliphatic carbocycles. The van der Waals surface area contributed by atoms with Gasteiger partial charge in [-0.3, -0.25) is 10.1 Å². The smallest absolute Gasteiger partial charge is 0.339 e. The molecule has 15 heteroatoms. The minimum Gasteiger partial charge on any atom is -0.478 e. The number of benzene rings is 2. The molecule has 0 saturated carbocycles. The average molecular weight is 611 g/mol. The van der Waals surface area contributed by atoms with Crippen molar-refractivity contribution in [3.05, 3.63) is 69.8 Å². The Bertz CT molecular complexity index is 1200. The Morgan fingerprint density at radius 1 is 0.878 bits per heavy atom. The maximum Gasteiger partial charge on any atom is 0.339 e. The molecular formula is C26H34O13Si2. The third-order valence-electron chi connectivity index (χ3n) is 5.96. The van der Waals surface area contributed by atoms with Crippen LogP contribution in [-0.2, 0) is 25.4 Å². The van der Waals surface area contributed by atoms with Crippen LogP contribution in [0.2, 0.25) is 12.1 Å². The Morgan fingerprint density at radius 3 is 2.10 bits per heavy atom. The molecule has 2 rings (SSSR count). The number of carbonyl (C=O) groups excluding carboxylic acids is 3. The maximum absolute atomic E-state index is 13.3. The van der Waals surface area contributed by atoms with Crippen molar-refractivity contribution in [2.45, 2.75) is 43.7 Å². The quantitative estimate of drug-likeness (QED) is 0.0379. The van der Waals surface area contributed by atoms with E-state index in [9.17, 15) is 34.5 Å². The van der Waals surface area contributed by atoms with E-state index >= 15 is 0 Å². The van der Waals surface area contributed by atoms with Gasteiger partial charge in [0.2, 0.25) is 0 Å². The summed E-state index contributed by atoms with van der Waals surface area (Å²) in [7, 11) is -0.609. The zero-order valence-electron chi connectivity index (χ0n) is 22.5. The number of carboxylic acids is 1. The molecule has 0 aliphatic heterocycles. The van der Waals surface area contributed by atoms with Gasteiger partial charge < -0.3 is 34.0 Å². The van der Waals surface area contributed by atoms with Crippen molar-refractivity contribution in [2.75, 3.05) is 20.3 Å². The fourth-order valence-electron chi connectivity index (χ4n) is 3.72. The summed E-state index contributed by atoms with van der Waals surface area (Å²) in [6.07, 6.45) is -1.01. The van der Waals surface area contributed by atoms with Gasteiger partial charge in [0.05, 0.1) is 28.9 Å². The Balaban J connectivity index is 2.29. The van der Waals surface area contributed by atoms with Crippen LogP contribution in [0.4, 0.5) is 0 Å². The molecule has 0 spiro atoms. The van der Waals surface area contributed by atoms with Crippen LogP contribution in [0.25, 0.3) is 0 Å². The second kappa shape index (κ2) is 17.5. The van der Waals surface area contributed by atoms with Gasteiger partial charge in [0, 0.05) is 18.2 Å². The first-order valence-electron chi connectivity index (χ1n) is 12.7. The fourth-order valence-corrected chi connectivity index (χ4v) is 4.91. The number of hydrogen-bond acceptors (Lipinski definition) is 12. The van der Waals surface area contributed by atoms with E-state index in [1.165, 1.54) is 31.4 Å². The zero-order chi connectivity index (χ0) is 30.4. The zero-order valence-corrected chi connectivity index (χ0v) is 25.3. The highest BCUT2D eigenvalue weighted by Gasteiger charge is 2.23. The number of carbonyl (C=O) groups is 4. The lowest BCUT2D eigenvalue weighted by atomic mass is 9.95. The van der Waals surface area contributed by atoms with E-state index in [0.29, 0.717) is 24.9 Å². The van der Waals surface area contributed by atoms with Crippen molar-refractivity contribution in [2.24, 2.45) is 0 Å². The minimum atomic E-state index is -1.43. The molecule has 2 atom stereocenters. The van der Waals surface area contributed by atoms with E-state index < -0.39 is 73.2 Å². The van der Waals surface area contributed by atoms with Crippen LogP contribution in [-0.4, -0.2) is 101 Å². The number of rotatable bonds is 18. The molecule has 0 saturated heterocycles. The molecule has 2 unspecified atom stereocenters. The van der Waals surface area contributed by atoms with Crippen molar-refractivity contribution in [1.29, 1.82) is 0 Å². The van der Waals surface area contributed by atoms with Crippen LogP contribution in [0.3, 0.4) is 0 Å². The first kappa shape index (κ1) is 33.9. The van der Waals surface area contributed by atoms with Gasteiger partial charge in [0.25, 0.3) is 0 Å². The number of ketones is 1. The molecule has 0 heterocycles. The van der Waals surface area contributed by atoms with Crippen LogP contribution >= 0.6 is 0 Å². The maximum atomic E-state index is 13.3. The van der Waals surface area contributed by atoms with Gasteiger partial charge in [-0.2, -0.15) is 0 Å². The number of aromatic carboxylic acids is 1. The van der Waals surface area contributed by atoms with E-state index in [0.717, 1.165) is 12.1 Å². The van der Waals surface area contributed by atoms with Gasteiger partial charge in [0.15, 0.2) is 25.3 Å². The number of hydrogen-bond donors (Lipinski definition) is 5. The van der Waals surface area contributed by atoms with E-state index in [4.69, 9.17) is 24.0 Å². The fraction of sp³-hybridized carbons (Fsp3) is 0.385. The lowest BCUT2D eigenvalue weighted by Crippen LogP contribution is -2.22. The van der Waals surface area contributed by atoms with Crippen molar-refractivity contribution < 1.29 is 63.3 Å². The summed E-state index contributed by atoms with van der Waals surface area (Å²) < 4.78 is 15.2. The number of esters is 2. The molecule has 5 N–H and O–H groups in total. The molecule has 2 aromatic carbocycles. The van der Waals surface area contributed by atoms with Gasteiger partial charge >= 0.3 is 17.9 Å². The van der Waals surface area contributed by atoms with Gasteiger partial charge in [-0.15, -0.1) is 0 Å². The lowest BCUT2D eigenvalue weighted by Gasteiger charge is -2.14. The molecule has 0 amide bonds. The summed E-state index contributed by atoms with van der Waals surface area (Å²) >= 11 is 0. The predicted octanol–water partition coefficient (Wildman–Crippen LogP) is 0.0639. The summed E-state index contributed by atoms with van der Waals surface area (Å²) in [6, 6.07) is 8.17. The highest BCUT2D eigenvalue weighted by Crippen LogP contribution is 2.21. The summed E-state index contributed by atoms with van der Waals surface area (Å²) in [4.78, 5) is 63.6. The van der Waals surface area contributed by atoms with Crippen LogP contribution in [0.15, 0.2) is 36.4 Å². The molecule has 0 bridgehead atoms. The Kier molecular flexibility index (Phi) is 14.5. The third-order valence-corrected chi connectivity index (χ3v) is 8.09. The topological polar surface area (TPSA) is 206 Å². The van der Waals surface area contributed by atoms with Crippen molar-refractivity contribution in [3.8, 4) is 0 Å². The minimum absolute atomic E-state index is 0.0190. The number of aliphatic hydroxyl groups excluding tert-OH is 2. The van der Waals surface area contributed by atoms with E-state index in [1.54, 1.807) is 0 Å². The van der Waals surface area contributed by atoms with Gasteiger partial charge in [-0.05, 0) is 42.3 Å². The normalized spacial score (nSPS) is 13.0. The Labute approximate surface area is 240 Å². The summed E-state index contributed by atoms with van der Waals surface area (Å²) in [5.74, 6) is -4.03. The predicted molar refractivity (Wildman–Crippen MR) is 148 cm³/mol. The molecule has 13 nitrogen and oxygen atoms in total. The first-order valence-corrected chi connectivity index (χ1v) is 15.9. The average Bonchev–Trinajstić information content (AvgIpc) is 2.97. The molecule has 0 aromatic heterocycles. The van der Waals surface area contributed by atoms with Gasteiger partial charge in [-0.1, -0.05) is 24.6 Å². The van der Waals surface area contributed by atoms with Crippen molar-refractivity contribution in [3.63, 3.8) is 0 Å². The van der Waals surface area contributed by atoms with E-state index in [1.807, 2.05) is 0 Å². The summed E-state index contributed by atoms with van der Waals surface area (Å²) in [6.45, 7) is -1.11. The molecule has 224 valence electrons. The first-order chi connectivity index (χ1) is 19.6. The van der Waals surface area contributed by atoms with Gasteiger partial charge in [0.1, 0.15) is 19.8 Å². The highest BCUT2D eigenvalue weighted by molar-refractivity contribution is 6.27. The summed E-state index contributed by atoms with van der Waals surface area (Å²) in [5, 5.41) is 38.4. The van der Waals surface area contributed by atoms with Crippen LogP contribution in [0.5, 0.6) is 0 Å². The number of ether oxygens (including phenoxy) is 2. The van der Waals surface area contributed by atoms with E-state index in [-0.39, 0.29) is 35.5 Å². The number of aliphatic hydroxyl groups is 2. The monoisotopic (exact) mass is 610 g/mol. The largest absolute Gasteiger partial charge is 0.478 e. The van der Waals surface area contributed by atoms with Crippen molar-refractivity contribution in [1.82, 2.24) is 0 Å². The molecule has 0 aliphatic rings. The molecule has 0 radical (unpaired) electrons. The molecule has 2 aromatic rings. The van der Waals surface area contributed by atoms with E-state index in [2.05, 4.69) is 4.89 Å². The molecule has 41 heavy (non-hydrogen) atoms. The highest BCUT2D eigenvalue weighted by atomic mass is 28.2. The SMILES string of the molecule is CO[SiH2]CC(O)COC(=O)c1cc(C(=O)c2ccc(COO)c(C(=O)OCC(O)CCC[SiH2]O)c2)ccc1C(=O)O. The Hall–Kier alpha value is -3.29. The summed E-state index contributed by atoms with van der Waals surface area (Å²) in [5.41, 5.74) is -0.836. The van der Waals surface area contributed by atoms with Crippen LogP contribution in [0, 0.1) is 0 Å². The second-order valence-electron chi connectivity index (χ2n) is 9.05. The van der Waals surface area contributed by atoms with Crippen molar-refractivity contribution >= 4 is 43.2 Å². The van der Waals surface area contributed by atoms with Gasteiger partial charge in [-0.25, -0.2) is 19.3 Å². The van der Waals surface area contributed by atoms with Crippen LogP contribution in [0.1, 0.15) is 65.4 Å². The molecule has 0 fully saturated rings. The lowest BCUT2D eigenvalue weighted by molar-refractivity contribution is -0.253. The standard InChI is InChI=1S/C26H34O13Si2/c1-36-41-14-19(28)13-38-26(33)22-10-16(6-7-20(22)24(30)31)23(29)15-4-5-17(11-39-34)21(9-15)25(32)37-12-18(27)3-2-8-40-35/h4-7,9-10,18-19,27-28,34-35H,2-3,8,11-14,40-41H2,1H3,(H,30,31). The second-order valence-corrected chi connectivity index (χ2v) is 11.8. The third kappa shape index (κ3) is 10.6. The van der Waals surface area contributed by atoms with Crippen LogP contribution < -0.4 is 0 Å². The molecular weight excluding hydrogens is 576 g/mol. The Morgan fingerprint density at radius 2 is 1.49 bits per heavy atom.